The Bertz CT molecular complexity index is 243. The maximum absolute atomic E-state index is 11.4. The zero-order chi connectivity index (χ0) is 12.6. The van der Waals surface area contributed by atoms with Gasteiger partial charge in [-0.25, -0.2) is 9.68 Å². The predicted molar refractivity (Wildman–Crippen MR) is 42.7 cm³/mol. The monoisotopic (exact) mass is 245 g/mol. The molecule has 0 fully saturated rings. The Labute approximate surface area is 88.6 Å². The van der Waals surface area contributed by atoms with E-state index in [0.717, 1.165) is 0 Å². The van der Waals surface area contributed by atoms with Gasteiger partial charge in [-0.3, -0.25) is 4.79 Å². The average Bonchev–Trinajstić information content (AvgIpc) is 2.15. The van der Waals surface area contributed by atoms with Gasteiger partial charge in [-0.05, 0) is 6.92 Å². The molecule has 0 rings (SSSR count). The highest BCUT2D eigenvalue weighted by atomic mass is 19.4. The maximum atomic E-state index is 11.4. The first-order valence-electron chi connectivity index (χ1n) is 4.19. The van der Waals surface area contributed by atoms with E-state index in [1.54, 1.807) is 0 Å². The van der Waals surface area contributed by atoms with E-state index < -0.39 is 24.8 Å². The SMILES string of the molecule is CCOC(=O)C(=O)NCCOOC(F)(F)F. The van der Waals surface area contributed by atoms with Gasteiger partial charge in [0, 0.05) is 6.54 Å². The number of hydrogen-bond acceptors (Lipinski definition) is 5. The van der Waals surface area contributed by atoms with Gasteiger partial charge in [0.15, 0.2) is 0 Å². The van der Waals surface area contributed by atoms with Crippen molar-refractivity contribution in [3.63, 3.8) is 0 Å². The Morgan fingerprint density at radius 2 is 1.94 bits per heavy atom. The van der Waals surface area contributed by atoms with Gasteiger partial charge < -0.3 is 10.1 Å². The smallest absolute Gasteiger partial charge is 0.459 e. The summed E-state index contributed by atoms with van der Waals surface area (Å²) < 4.78 is 38.4. The minimum absolute atomic E-state index is 0.0277. The Hall–Kier alpha value is -1.35. The van der Waals surface area contributed by atoms with Crippen molar-refractivity contribution in [3.8, 4) is 0 Å². The van der Waals surface area contributed by atoms with Crippen molar-refractivity contribution in [1.82, 2.24) is 5.32 Å². The van der Waals surface area contributed by atoms with Crippen LogP contribution in [0, 0.1) is 0 Å². The van der Waals surface area contributed by atoms with E-state index in [0.29, 0.717) is 0 Å². The normalized spacial score (nSPS) is 11.0. The summed E-state index contributed by atoms with van der Waals surface area (Å²) in [6, 6.07) is 0. The molecule has 0 bridgehead atoms. The molecule has 1 amide bonds. The lowest BCUT2D eigenvalue weighted by Gasteiger charge is -2.06. The Morgan fingerprint density at radius 1 is 1.31 bits per heavy atom. The highest BCUT2D eigenvalue weighted by Crippen LogP contribution is 2.15. The molecule has 1 N–H and O–H groups in total. The molecular weight excluding hydrogens is 235 g/mol. The first kappa shape index (κ1) is 14.6. The minimum atomic E-state index is -4.90. The van der Waals surface area contributed by atoms with Crippen LogP contribution in [-0.2, 0) is 24.1 Å². The van der Waals surface area contributed by atoms with Crippen molar-refractivity contribution in [1.29, 1.82) is 0 Å². The van der Waals surface area contributed by atoms with E-state index in [1.165, 1.54) is 6.92 Å². The molecule has 0 heterocycles. The van der Waals surface area contributed by atoms with Crippen LogP contribution in [0.1, 0.15) is 6.92 Å². The minimum Gasteiger partial charge on any atom is -0.459 e. The van der Waals surface area contributed by atoms with Crippen molar-refractivity contribution < 1.29 is 37.3 Å². The van der Waals surface area contributed by atoms with Crippen molar-refractivity contribution in [2.75, 3.05) is 19.8 Å². The Morgan fingerprint density at radius 3 is 2.44 bits per heavy atom. The van der Waals surface area contributed by atoms with E-state index in [-0.39, 0.29) is 13.2 Å². The highest BCUT2D eigenvalue weighted by Gasteiger charge is 2.31. The number of hydrogen-bond donors (Lipinski definition) is 1. The molecule has 16 heavy (non-hydrogen) atoms. The van der Waals surface area contributed by atoms with Crippen LogP contribution in [0.15, 0.2) is 0 Å². The Kier molecular flexibility index (Phi) is 6.42. The Balaban J connectivity index is 3.52. The quantitative estimate of drug-likeness (QED) is 0.245. The van der Waals surface area contributed by atoms with Gasteiger partial charge in [0.2, 0.25) is 0 Å². The van der Waals surface area contributed by atoms with Crippen LogP contribution in [0.4, 0.5) is 13.2 Å². The number of halogens is 3. The zero-order valence-corrected chi connectivity index (χ0v) is 8.30. The summed E-state index contributed by atoms with van der Waals surface area (Å²) in [6.07, 6.45) is -4.90. The summed E-state index contributed by atoms with van der Waals surface area (Å²) in [5, 5.41) is 1.97. The van der Waals surface area contributed by atoms with Crippen LogP contribution in [-0.4, -0.2) is 38.0 Å². The first-order valence-corrected chi connectivity index (χ1v) is 4.19. The van der Waals surface area contributed by atoms with Crippen LogP contribution in [0.2, 0.25) is 0 Å². The number of nitrogens with one attached hydrogen (secondary N) is 1. The summed E-state index contributed by atoms with van der Waals surface area (Å²) in [5.41, 5.74) is 0. The maximum Gasteiger partial charge on any atom is 0.549 e. The van der Waals surface area contributed by atoms with Gasteiger partial charge in [-0.2, -0.15) is 0 Å². The van der Waals surface area contributed by atoms with E-state index in [9.17, 15) is 22.8 Å². The fraction of sp³-hybridized carbons (Fsp3) is 0.714. The average molecular weight is 245 g/mol. The summed E-state index contributed by atoms with van der Waals surface area (Å²) in [5.74, 6) is -2.17. The van der Waals surface area contributed by atoms with E-state index in [1.807, 2.05) is 5.32 Å². The third kappa shape index (κ3) is 8.00. The van der Waals surface area contributed by atoms with Crippen LogP contribution in [0.25, 0.3) is 0 Å². The van der Waals surface area contributed by atoms with Crippen molar-refractivity contribution in [3.05, 3.63) is 0 Å². The molecule has 9 heteroatoms. The zero-order valence-electron chi connectivity index (χ0n) is 8.30. The molecule has 0 spiro atoms. The second-order valence-electron chi connectivity index (χ2n) is 2.33. The molecule has 0 aliphatic rings. The summed E-state index contributed by atoms with van der Waals surface area (Å²) >= 11 is 0. The van der Waals surface area contributed by atoms with Crippen molar-refractivity contribution in [2.45, 2.75) is 13.3 Å². The molecule has 94 valence electrons. The van der Waals surface area contributed by atoms with Crippen LogP contribution >= 0.6 is 0 Å². The second kappa shape index (κ2) is 7.01. The lowest BCUT2D eigenvalue weighted by Crippen LogP contribution is -2.35. The topological polar surface area (TPSA) is 73.9 Å². The summed E-state index contributed by atoms with van der Waals surface area (Å²) in [7, 11) is 0. The molecule has 0 aromatic carbocycles. The molecule has 0 saturated heterocycles. The van der Waals surface area contributed by atoms with Gasteiger partial charge >= 0.3 is 18.2 Å². The molecule has 0 aromatic rings. The third-order valence-corrected chi connectivity index (χ3v) is 1.09. The number of amides is 1. The van der Waals surface area contributed by atoms with Crippen molar-refractivity contribution in [2.24, 2.45) is 0 Å². The molecule has 0 atom stereocenters. The number of carbonyl (C=O) groups excluding carboxylic acids is 2. The second-order valence-corrected chi connectivity index (χ2v) is 2.33. The fourth-order valence-corrected chi connectivity index (χ4v) is 0.584. The van der Waals surface area contributed by atoms with Crippen LogP contribution < -0.4 is 5.32 Å². The largest absolute Gasteiger partial charge is 0.549 e. The predicted octanol–water partition coefficient (Wildman–Crippen LogP) is 0.134. The number of carbonyl (C=O) groups is 2. The summed E-state index contributed by atoms with van der Waals surface area (Å²) in [6.45, 7) is 0.670. The number of ether oxygens (including phenoxy) is 1. The number of rotatable bonds is 5. The molecular formula is C7H10F3NO5. The lowest BCUT2D eigenvalue weighted by atomic mass is 10.5. The number of alkyl halides is 3. The van der Waals surface area contributed by atoms with Crippen LogP contribution in [0.5, 0.6) is 0 Å². The summed E-state index contributed by atoms with van der Waals surface area (Å²) in [4.78, 5) is 28.1. The van der Waals surface area contributed by atoms with E-state index in [4.69, 9.17) is 0 Å². The highest BCUT2D eigenvalue weighted by molar-refractivity contribution is 6.32. The van der Waals surface area contributed by atoms with Gasteiger partial charge in [0.05, 0.1) is 13.2 Å². The van der Waals surface area contributed by atoms with E-state index >= 15 is 0 Å². The standard InChI is InChI=1S/C7H10F3NO5/c1-2-14-6(13)5(12)11-3-4-15-16-7(8,9)10/h2-4H2,1H3,(H,11,12). The van der Waals surface area contributed by atoms with Gasteiger partial charge in [0.1, 0.15) is 0 Å². The molecule has 0 unspecified atom stereocenters. The van der Waals surface area contributed by atoms with Gasteiger partial charge in [0.25, 0.3) is 0 Å². The lowest BCUT2D eigenvalue weighted by molar-refractivity contribution is -0.483. The third-order valence-electron chi connectivity index (χ3n) is 1.09. The molecule has 0 aliphatic heterocycles. The fourth-order valence-electron chi connectivity index (χ4n) is 0.584. The van der Waals surface area contributed by atoms with Crippen LogP contribution in [0.3, 0.4) is 0 Å². The van der Waals surface area contributed by atoms with Crippen molar-refractivity contribution >= 4 is 11.9 Å². The number of esters is 1. The molecule has 0 aliphatic carbocycles. The molecule has 0 radical (unpaired) electrons. The van der Waals surface area contributed by atoms with Gasteiger partial charge in [-0.15, -0.1) is 18.1 Å². The molecule has 0 aromatic heterocycles. The molecule has 6 nitrogen and oxygen atoms in total. The van der Waals surface area contributed by atoms with E-state index in [2.05, 4.69) is 14.5 Å². The first-order chi connectivity index (χ1) is 7.37. The van der Waals surface area contributed by atoms with Gasteiger partial charge in [-0.1, -0.05) is 0 Å². The molecule has 0 saturated carbocycles.